The Morgan fingerprint density at radius 2 is 1.91 bits per heavy atom. The van der Waals surface area contributed by atoms with Crippen LogP contribution in [0.4, 0.5) is 19.0 Å². The fourth-order valence-electron chi connectivity index (χ4n) is 3.84. The summed E-state index contributed by atoms with van der Waals surface area (Å²) >= 11 is 5.30. The highest BCUT2D eigenvalue weighted by Crippen LogP contribution is 2.30. The Labute approximate surface area is 198 Å². The maximum Gasteiger partial charge on any atom is 0.417 e. The zero-order chi connectivity index (χ0) is 24.3. The van der Waals surface area contributed by atoms with Crippen molar-refractivity contribution in [2.75, 3.05) is 25.1 Å². The first-order chi connectivity index (χ1) is 16.2. The molecule has 12 heteroatoms. The number of ether oxygens (including phenoxy) is 1. The highest BCUT2D eigenvalue weighted by Gasteiger charge is 2.31. The number of aromatic nitrogens is 4. The van der Waals surface area contributed by atoms with Crippen molar-refractivity contribution in [3.8, 4) is 17.1 Å². The number of alkyl halides is 3. The molecule has 1 aromatic carbocycles. The molecule has 1 aliphatic rings. The van der Waals surface area contributed by atoms with E-state index in [9.17, 15) is 18.0 Å². The summed E-state index contributed by atoms with van der Waals surface area (Å²) in [7, 11) is 1.58. The maximum atomic E-state index is 12.7. The maximum absolute atomic E-state index is 12.7. The number of rotatable bonds is 6. The summed E-state index contributed by atoms with van der Waals surface area (Å²) in [6.45, 7) is 1.16. The van der Waals surface area contributed by atoms with E-state index in [1.165, 1.54) is 6.07 Å². The number of piperidine rings is 1. The average Bonchev–Trinajstić information content (AvgIpc) is 3.19. The second-order valence-corrected chi connectivity index (χ2v) is 8.29. The Hall–Kier alpha value is -3.41. The van der Waals surface area contributed by atoms with Gasteiger partial charge in [-0.2, -0.15) is 18.3 Å². The first-order valence-corrected chi connectivity index (χ1v) is 11.0. The fraction of sp³-hybridized carbons (Fsp3) is 0.364. The lowest BCUT2D eigenvalue weighted by molar-refractivity contribution is -0.137. The van der Waals surface area contributed by atoms with E-state index in [0.717, 1.165) is 17.8 Å². The van der Waals surface area contributed by atoms with Gasteiger partial charge in [-0.1, -0.05) is 0 Å². The van der Waals surface area contributed by atoms with Gasteiger partial charge in [0.15, 0.2) is 10.6 Å². The van der Waals surface area contributed by atoms with Crippen LogP contribution < -0.4 is 15.0 Å². The molecule has 0 saturated carbocycles. The van der Waals surface area contributed by atoms with Crippen LogP contribution in [0.2, 0.25) is 0 Å². The number of anilines is 1. The Morgan fingerprint density at radius 3 is 2.50 bits per heavy atom. The van der Waals surface area contributed by atoms with Gasteiger partial charge in [0.05, 0.1) is 12.7 Å². The summed E-state index contributed by atoms with van der Waals surface area (Å²) in [5.74, 6) is 1.55. The number of nitrogens with zero attached hydrogens (tertiary/aromatic N) is 4. The molecular formula is C22H23F3N6O2S. The van der Waals surface area contributed by atoms with Gasteiger partial charge in [0.1, 0.15) is 18.1 Å². The molecule has 180 valence electrons. The van der Waals surface area contributed by atoms with Crippen LogP contribution in [0, 0.1) is 4.77 Å². The molecule has 2 aromatic heterocycles. The van der Waals surface area contributed by atoms with Crippen molar-refractivity contribution in [2.24, 2.45) is 0 Å². The van der Waals surface area contributed by atoms with Crippen molar-refractivity contribution in [1.82, 2.24) is 25.1 Å². The van der Waals surface area contributed by atoms with Gasteiger partial charge >= 0.3 is 6.18 Å². The highest BCUT2D eigenvalue weighted by atomic mass is 32.1. The average molecular weight is 493 g/mol. The minimum absolute atomic E-state index is 0.0113. The van der Waals surface area contributed by atoms with Crippen LogP contribution in [0.15, 0.2) is 42.6 Å². The third kappa shape index (κ3) is 5.38. The lowest BCUT2D eigenvalue weighted by atomic mass is 10.0. The topological polar surface area (TPSA) is 88.1 Å². The molecule has 1 amide bonds. The van der Waals surface area contributed by atoms with Gasteiger partial charge in [-0.15, -0.1) is 0 Å². The number of H-pyrrole nitrogens is 1. The molecular weight excluding hydrogens is 469 g/mol. The number of hydrogen-bond acceptors (Lipinski definition) is 6. The smallest absolute Gasteiger partial charge is 0.417 e. The number of halogens is 3. The van der Waals surface area contributed by atoms with Gasteiger partial charge in [0.25, 0.3) is 0 Å². The summed E-state index contributed by atoms with van der Waals surface area (Å²) in [5, 5.41) is 10.00. The number of hydrogen-bond donors (Lipinski definition) is 2. The van der Waals surface area contributed by atoms with E-state index in [1.807, 2.05) is 17.0 Å². The first-order valence-electron chi connectivity index (χ1n) is 10.6. The predicted molar refractivity (Wildman–Crippen MR) is 122 cm³/mol. The van der Waals surface area contributed by atoms with Crippen LogP contribution in [0.3, 0.4) is 0 Å². The zero-order valence-electron chi connectivity index (χ0n) is 18.3. The highest BCUT2D eigenvalue weighted by molar-refractivity contribution is 7.71. The van der Waals surface area contributed by atoms with E-state index < -0.39 is 11.7 Å². The molecule has 1 fully saturated rings. The van der Waals surface area contributed by atoms with E-state index >= 15 is 0 Å². The zero-order valence-corrected chi connectivity index (χ0v) is 19.1. The molecule has 0 atom stereocenters. The molecule has 3 aromatic rings. The van der Waals surface area contributed by atoms with Crippen molar-refractivity contribution in [3.05, 3.63) is 52.9 Å². The third-order valence-electron chi connectivity index (χ3n) is 5.67. The quantitative estimate of drug-likeness (QED) is 0.509. The summed E-state index contributed by atoms with van der Waals surface area (Å²) < 4.78 is 45.3. The standard InChI is InChI=1S/C22H23F3N6O2S/c1-33-17-5-2-14(3-6-17)20-28-29-21(34)31(20)13-19(32)27-16-8-10-30(11-9-16)18-7-4-15(12-26-18)22(23,24)25/h2-7,12,16H,8-11,13H2,1H3,(H,27,32)(H,29,34). The summed E-state index contributed by atoms with van der Waals surface area (Å²) in [5.41, 5.74) is 0.0172. The lowest BCUT2D eigenvalue weighted by Gasteiger charge is -2.33. The van der Waals surface area contributed by atoms with Crippen molar-refractivity contribution in [1.29, 1.82) is 0 Å². The minimum atomic E-state index is -4.41. The first kappa shape index (κ1) is 23.7. The van der Waals surface area contributed by atoms with Gasteiger partial charge in [0.2, 0.25) is 5.91 Å². The second kappa shape index (κ2) is 9.84. The molecule has 1 saturated heterocycles. The number of nitrogens with one attached hydrogen (secondary N) is 2. The largest absolute Gasteiger partial charge is 0.497 e. The molecule has 0 spiro atoms. The molecule has 1 aliphatic heterocycles. The normalized spacial score (nSPS) is 14.8. The molecule has 0 radical (unpaired) electrons. The van der Waals surface area contributed by atoms with Crippen LogP contribution in [-0.4, -0.2) is 51.9 Å². The summed E-state index contributed by atoms with van der Waals surface area (Å²) in [6.07, 6.45) is -2.26. The minimum Gasteiger partial charge on any atom is -0.497 e. The fourth-order valence-corrected chi connectivity index (χ4v) is 4.03. The van der Waals surface area contributed by atoms with Gasteiger partial charge in [-0.25, -0.2) is 4.98 Å². The molecule has 34 heavy (non-hydrogen) atoms. The number of carbonyl (C=O) groups is 1. The van der Waals surface area contributed by atoms with E-state index in [1.54, 1.807) is 23.8 Å². The molecule has 3 heterocycles. The second-order valence-electron chi connectivity index (χ2n) is 7.90. The summed E-state index contributed by atoms with van der Waals surface area (Å²) in [4.78, 5) is 18.6. The molecule has 0 aliphatic carbocycles. The Kier molecular flexibility index (Phi) is 6.87. The van der Waals surface area contributed by atoms with Crippen LogP contribution in [0.5, 0.6) is 5.75 Å². The van der Waals surface area contributed by atoms with E-state index in [0.29, 0.717) is 48.1 Å². The van der Waals surface area contributed by atoms with Crippen molar-refractivity contribution in [2.45, 2.75) is 31.6 Å². The lowest BCUT2D eigenvalue weighted by Crippen LogP contribution is -2.45. The number of carbonyl (C=O) groups excluding carboxylic acids is 1. The van der Waals surface area contributed by atoms with Crippen molar-refractivity contribution in [3.63, 3.8) is 0 Å². The van der Waals surface area contributed by atoms with E-state index in [2.05, 4.69) is 20.5 Å². The van der Waals surface area contributed by atoms with Gasteiger partial charge in [-0.3, -0.25) is 14.5 Å². The number of amides is 1. The number of methoxy groups -OCH3 is 1. The van der Waals surface area contributed by atoms with E-state index in [4.69, 9.17) is 17.0 Å². The molecule has 8 nitrogen and oxygen atoms in total. The molecule has 2 N–H and O–H groups in total. The Balaban J connectivity index is 1.34. The Morgan fingerprint density at radius 1 is 1.21 bits per heavy atom. The molecule has 0 unspecified atom stereocenters. The Bertz CT molecular complexity index is 1180. The van der Waals surface area contributed by atoms with Gasteiger partial charge in [0, 0.05) is 30.9 Å². The third-order valence-corrected chi connectivity index (χ3v) is 5.98. The van der Waals surface area contributed by atoms with Crippen LogP contribution in [0.1, 0.15) is 18.4 Å². The van der Waals surface area contributed by atoms with Crippen molar-refractivity contribution >= 4 is 23.9 Å². The molecule has 4 rings (SSSR count). The van der Waals surface area contributed by atoms with Gasteiger partial charge in [-0.05, 0) is 61.5 Å². The predicted octanol–water partition coefficient (Wildman–Crippen LogP) is 3.82. The SMILES string of the molecule is COc1ccc(-c2n[nH]c(=S)n2CC(=O)NC2CCN(c3ccc(C(F)(F)F)cn3)CC2)cc1. The van der Waals surface area contributed by atoms with Crippen LogP contribution in [0.25, 0.3) is 11.4 Å². The molecule has 0 bridgehead atoms. The van der Waals surface area contributed by atoms with E-state index in [-0.39, 0.29) is 18.5 Å². The summed E-state index contributed by atoms with van der Waals surface area (Å²) in [6, 6.07) is 9.64. The van der Waals surface area contributed by atoms with Crippen LogP contribution in [-0.2, 0) is 17.5 Å². The van der Waals surface area contributed by atoms with Gasteiger partial charge < -0.3 is 15.0 Å². The number of benzene rings is 1. The monoisotopic (exact) mass is 492 g/mol. The number of pyridine rings is 1. The number of aromatic amines is 1. The van der Waals surface area contributed by atoms with Crippen molar-refractivity contribution < 1.29 is 22.7 Å². The van der Waals surface area contributed by atoms with Crippen LogP contribution >= 0.6 is 12.2 Å².